The Morgan fingerprint density at radius 1 is 1.59 bits per heavy atom. The summed E-state index contributed by atoms with van der Waals surface area (Å²) in [4.78, 5) is 27.1. The van der Waals surface area contributed by atoms with Gasteiger partial charge in [0.15, 0.2) is 0 Å². The van der Waals surface area contributed by atoms with Crippen molar-refractivity contribution in [2.75, 3.05) is 26.7 Å². The minimum Gasteiger partial charge on any atom is -0.465 e. The highest BCUT2D eigenvalue weighted by atomic mass is 16.5. The average molecular weight is 242 g/mol. The molecule has 0 aromatic carbocycles. The van der Waals surface area contributed by atoms with Gasteiger partial charge in [0.2, 0.25) is 5.91 Å². The minimum absolute atomic E-state index is 0.1000. The van der Waals surface area contributed by atoms with Gasteiger partial charge in [0.25, 0.3) is 0 Å². The topological polar surface area (TPSA) is 49.9 Å². The molecule has 0 N–H and O–H groups in total. The highest BCUT2D eigenvalue weighted by Crippen LogP contribution is 2.18. The van der Waals surface area contributed by atoms with Gasteiger partial charge in [-0.1, -0.05) is 0 Å². The zero-order chi connectivity index (χ0) is 13.0. The minimum atomic E-state index is -0.261. The van der Waals surface area contributed by atoms with E-state index in [-0.39, 0.29) is 30.5 Å². The van der Waals surface area contributed by atoms with E-state index in [0.29, 0.717) is 6.61 Å². The number of nitrogens with zero attached hydrogens (tertiary/aromatic N) is 2. The molecule has 0 aromatic rings. The number of carbonyl (C=O) groups excluding carboxylic acids is 2. The monoisotopic (exact) mass is 242 g/mol. The third-order valence-electron chi connectivity index (χ3n) is 3.08. The van der Waals surface area contributed by atoms with E-state index in [1.165, 1.54) is 0 Å². The van der Waals surface area contributed by atoms with Gasteiger partial charge in [0.1, 0.15) is 0 Å². The fraction of sp³-hybridized carbons (Fsp3) is 0.833. The van der Waals surface area contributed by atoms with Crippen LogP contribution in [0, 0.1) is 0 Å². The SMILES string of the molecule is CCOC(=O)CN(C(C)C)C1CCN(C)C1=O. The highest BCUT2D eigenvalue weighted by Gasteiger charge is 2.36. The van der Waals surface area contributed by atoms with Crippen LogP contribution in [0.4, 0.5) is 0 Å². The number of hydrogen-bond donors (Lipinski definition) is 0. The summed E-state index contributed by atoms with van der Waals surface area (Å²) in [5.74, 6) is -0.161. The summed E-state index contributed by atoms with van der Waals surface area (Å²) in [6, 6.07) is -0.0238. The van der Waals surface area contributed by atoms with Crippen LogP contribution in [0.1, 0.15) is 27.2 Å². The summed E-state index contributed by atoms with van der Waals surface area (Å²) in [5, 5.41) is 0. The number of esters is 1. The Kier molecular flexibility index (Phi) is 4.93. The van der Waals surface area contributed by atoms with E-state index in [0.717, 1.165) is 13.0 Å². The molecule has 1 atom stereocenters. The first kappa shape index (κ1) is 14.0. The zero-order valence-corrected chi connectivity index (χ0v) is 11.1. The summed E-state index contributed by atoms with van der Waals surface area (Å²) in [7, 11) is 1.80. The number of likely N-dealkylation sites (N-methyl/N-ethyl adjacent to an activating group) is 1. The van der Waals surface area contributed by atoms with Crippen molar-refractivity contribution in [1.29, 1.82) is 0 Å². The number of likely N-dealkylation sites (tertiary alicyclic amines) is 1. The molecule has 17 heavy (non-hydrogen) atoms. The number of carbonyl (C=O) groups is 2. The van der Waals surface area contributed by atoms with E-state index in [1.54, 1.807) is 18.9 Å². The van der Waals surface area contributed by atoms with Crippen LogP contribution in [0.5, 0.6) is 0 Å². The second-order valence-corrected chi connectivity index (χ2v) is 4.64. The summed E-state index contributed by atoms with van der Waals surface area (Å²) >= 11 is 0. The van der Waals surface area contributed by atoms with Gasteiger partial charge in [-0.05, 0) is 27.2 Å². The summed E-state index contributed by atoms with van der Waals surface area (Å²) in [6.07, 6.45) is 0.785. The van der Waals surface area contributed by atoms with Crippen molar-refractivity contribution in [3.8, 4) is 0 Å². The molecule has 0 aromatic heterocycles. The van der Waals surface area contributed by atoms with Crippen LogP contribution in [0.2, 0.25) is 0 Å². The first-order chi connectivity index (χ1) is 7.97. The standard InChI is InChI=1S/C12H22N2O3/c1-5-17-11(15)8-14(9(2)3)10-6-7-13(4)12(10)16/h9-10H,5-8H2,1-4H3. The molecule has 0 radical (unpaired) electrons. The molecular formula is C12H22N2O3. The fourth-order valence-corrected chi connectivity index (χ4v) is 2.12. The molecule has 5 nitrogen and oxygen atoms in total. The molecule has 0 spiro atoms. The zero-order valence-electron chi connectivity index (χ0n) is 11.1. The van der Waals surface area contributed by atoms with E-state index >= 15 is 0 Å². The van der Waals surface area contributed by atoms with Gasteiger partial charge in [-0.15, -0.1) is 0 Å². The Labute approximate surface area is 103 Å². The fourth-order valence-electron chi connectivity index (χ4n) is 2.12. The average Bonchev–Trinajstić information content (AvgIpc) is 2.57. The van der Waals surface area contributed by atoms with Crippen LogP contribution in [-0.2, 0) is 14.3 Å². The number of amides is 1. The second kappa shape index (κ2) is 6.00. The molecular weight excluding hydrogens is 220 g/mol. The van der Waals surface area contributed by atoms with Crippen LogP contribution in [0.15, 0.2) is 0 Å². The largest absolute Gasteiger partial charge is 0.465 e. The normalized spacial score (nSPS) is 20.5. The molecule has 5 heteroatoms. The van der Waals surface area contributed by atoms with Gasteiger partial charge in [-0.25, -0.2) is 0 Å². The van der Waals surface area contributed by atoms with Crippen LogP contribution in [0.3, 0.4) is 0 Å². The lowest BCUT2D eigenvalue weighted by Gasteiger charge is -2.30. The third-order valence-corrected chi connectivity index (χ3v) is 3.08. The predicted molar refractivity (Wildman–Crippen MR) is 64.5 cm³/mol. The van der Waals surface area contributed by atoms with Crippen LogP contribution in [0.25, 0.3) is 0 Å². The van der Waals surface area contributed by atoms with Crippen molar-refractivity contribution >= 4 is 11.9 Å². The van der Waals surface area contributed by atoms with E-state index in [4.69, 9.17) is 4.74 Å². The summed E-state index contributed by atoms with van der Waals surface area (Å²) in [5.41, 5.74) is 0. The van der Waals surface area contributed by atoms with E-state index in [2.05, 4.69) is 0 Å². The van der Waals surface area contributed by atoms with Gasteiger partial charge in [-0.3, -0.25) is 14.5 Å². The van der Waals surface area contributed by atoms with Crippen molar-refractivity contribution in [2.45, 2.75) is 39.3 Å². The van der Waals surface area contributed by atoms with Gasteiger partial charge in [0.05, 0.1) is 19.2 Å². The molecule has 1 fully saturated rings. The Hall–Kier alpha value is -1.10. The van der Waals surface area contributed by atoms with Crippen LogP contribution in [-0.4, -0.2) is 60.5 Å². The lowest BCUT2D eigenvalue weighted by atomic mass is 10.1. The third kappa shape index (κ3) is 3.43. The molecule has 98 valence electrons. The Balaban J connectivity index is 2.66. The number of ether oxygens (including phenoxy) is 1. The van der Waals surface area contributed by atoms with Gasteiger partial charge < -0.3 is 9.64 Å². The predicted octanol–water partition coefficient (Wildman–Crippen LogP) is 0.491. The van der Waals surface area contributed by atoms with Crippen molar-refractivity contribution in [1.82, 2.24) is 9.80 Å². The first-order valence-corrected chi connectivity index (χ1v) is 6.13. The van der Waals surface area contributed by atoms with E-state index < -0.39 is 0 Å². The lowest BCUT2D eigenvalue weighted by molar-refractivity contribution is -0.146. The van der Waals surface area contributed by atoms with Gasteiger partial charge in [-0.2, -0.15) is 0 Å². The molecule has 1 unspecified atom stereocenters. The molecule has 1 heterocycles. The molecule has 0 saturated carbocycles. The van der Waals surface area contributed by atoms with Crippen LogP contribution < -0.4 is 0 Å². The summed E-state index contributed by atoms with van der Waals surface area (Å²) in [6.45, 7) is 7.09. The van der Waals surface area contributed by atoms with Gasteiger partial charge >= 0.3 is 5.97 Å². The molecule has 1 amide bonds. The quantitative estimate of drug-likeness (QED) is 0.658. The molecule has 0 aliphatic carbocycles. The number of rotatable bonds is 5. The van der Waals surface area contributed by atoms with Crippen molar-refractivity contribution in [2.24, 2.45) is 0 Å². The second-order valence-electron chi connectivity index (χ2n) is 4.64. The van der Waals surface area contributed by atoms with Gasteiger partial charge in [0, 0.05) is 19.6 Å². The first-order valence-electron chi connectivity index (χ1n) is 6.13. The highest BCUT2D eigenvalue weighted by molar-refractivity contribution is 5.84. The smallest absolute Gasteiger partial charge is 0.320 e. The molecule has 1 aliphatic heterocycles. The number of hydrogen-bond acceptors (Lipinski definition) is 4. The van der Waals surface area contributed by atoms with Crippen molar-refractivity contribution in [3.05, 3.63) is 0 Å². The molecule has 1 aliphatic rings. The van der Waals surface area contributed by atoms with Crippen molar-refractivity contribution in [3.63, 3.8) is 0 Å². The maximum absolute atomic E-state index is 11.9. The molecule has 0 bridgehead atoms. The molecule has 1 rings (SSSR count). The van der Waals surface area contributed by atoms with E-state index in [1.807, 2.05) is 18.7 Å². The van der Waals surface area contributed by atoms with Crippen LogP contribution >= 0.6 is 0 Å². The Bertz CT molecular complexity index is 291. The maximum atomic E-state index is 11.9. The molecule has 1 saturated heterocycles. The Morgan fingerprint density at radius 3 is 2.65 bits per heavy atom. The van der Waals surface area contributed by atoms with E-state index in [9.17, 15) is 9.59 Å². The lowest BCUT2D eigenvalue weighted by Crippen LogP contribution is -2.47. The summed E-state index contributed by atoms with van der Waals surface area (Å²) < 4.78 is 4.94. The van der Waals surface area contributed by atoms with Crippen molar-refractivity contribution < 1.29 is 14.3 Å². The Morgan fingerprint density at radius 2 is 2.24 bits per heavy atom. The maximum Gasteiger partial charge on any atom is 0.320 e.